The second-order valence-corrected chi connectivity index (χ2v) is 10.3. The molecule has 4 rings (SSSR count). The summed E-state index contributed by atoms with van der Waals surface area (Å²) in [4.78, 5) is 31.6. The minimum Gasteiger partial charge on any atom is -0.453 e. The number of thiazole rings is 1. The topological polar surface area (TPSA) is 71.5 Å². The fourth-order valence-electron chi connectivity index (χ4n) is 4.69. The number of nitrogens with one attached hydrogen (secondary N) is 1. The van der Waals surface area contributed by atoms with Crippen molar-refractivity contribution >= 4 is 23.2 Å². The number of allylic oxidation sites excluding steroid dienone is 3. The SMILES string of the molecule is C=C(/C=C(/C)NCC(=O)N1CCC(c2nc(C(=O)OC3CCCc4ccccc43)cs2)CC1)C(F)(F)F. The van der Waals surface area contributed by atoms with Gasteiger partial charge < -0.3 is 15.0 Å². The number of carbonyl (C=O) groups is 2. The van der Waals surface area contributed by atoms with E-state index < -0.39 is 17.7 Å². The van der Waals surface area contributed by atoms with Crippen LogP contribution in [0.3, 0.4) is 0 Å². The second kappa shape index (κ2) is 11.5. The predicted molar refractivity (Wildman–Crippen MR) is 135 cm³/mol. The Bertz CT molecular complexity index is 1180. The van der Waals surface area contributed by atoms with Crippen molar-refractivity contribution in [2.24, 2.45) is 0 Å². The van der Waals surface area contributed by atoms with Gasteiger partial charge in [-0.2, -0.15) is 13.2 Å². The third-order valence-corrected chi connectivity index (χ3v) is 7.77. The zero-order valence-corrected chi connectivity index (χ0v) is 21.5. The number of hydrogen-bond acceptors (Lipinski definition) is 6. The van der Waals surface area contributed by atoms with Gasteiger partial charge in [0.15, 0.2) is 5.69 Å². The molecule has 1 amide bonds. The Morgan fingerprint density at radius 1 is 1.24 bits per heavy atom. The molecule has 1 N–H and O–H groups in total. The van der Waals surface area contributed by atoms with Crippen LogP contribution < -0.4 is 5.32 Å². The summed E-state index contributed by atoms with van der Waals surface area (Å²) >= 11 is 1.43. The van der Waals surface area contributed by atoms with Gasteiger partial charge in [-0.3, -0.25) is 4.79 Å². The van der Waals surface area contributed by atoms with Crippen molar-refractivity contribution in [2.45, 2.75) is 57.2 Å². The monoisotopic (exact) mass is 533 g/mol. The Hall–Kier alpha value is -3.14. The predicted octanol–water partition coefficient (Wildman–Crippen LogP) is 5.70. The number of alkyl halides is 3. The Morgan fingerprint density at radius 2 is 1.97 bits per heavy atom. The fraction of sp³-hybridized carbons (Fsp3) is 0.444. The van der Waals surface area contributed by atoms with Gasteiger partial charge in [0.05, 0.1) is 17.1 Å². The summed E-state index contributed by atoms with van der Waals surface area (Å²) < 4.78 is 43.6. The van der Waals surface area contributed by atoms with Gasteiger partial charge in [-0.15, -0.1) is 11.3 Å². The van der Waals surface area contributed by atoms with Crippen molar-refractivity contribution in [3.63, 3.8) is 0 Å². The molecule has 198 valence electrons. The van der Waals surface area contributed by atoms with Gasteiger partial charge >= 0.3 is 12.1 Å². The maximum Gasteiger partial charge on any atom is 0.415 e. The number of aromatic nitrogens is 1. The van der Waals surface area contributed by atoms with Crippen molar-refractivity contribution in [1.29, 1.82) is 0 Å². The Morgan fingerprint density at radius 3 is 2.70 bits per heavy atom. The summed E-state index contributed by atoms with van der Waals surface area (Å²) in [5, 5.41) is 5.31. The van der Waals surface area contributed by atoms with Gasteiger partial charge in [-0.1, -0.05) is 30.8 Å². The zero-order chi connectivity index (χ0) is 26.6. The van der Waals surface area contributed by atoms with Crippen LogP contribution in [0, 0.1) is 0 Å². The van der Waals surface area contributed by atoms with E-state index in [9.17, 15) is 22.8 Å². The average molecular weight is 534 g/mol. The van der Waals surface area contributed by atoms with E-state index in [1.165, 1.54) is 23.8 Å². The molecule has 0 bridgehead atoms. The highest BCUT2D eigenvalue weighted by molar-refractivity contribution is 7.09. The number of amides is 1. The number of benzene rings is 1. The molecule has 2 heterocycles. The van der Waals surface area contributed by atoms with Crippen molar-refractivity contribution < 1.29 is 27.5 Å². The maximum atomic E-state index is 12.8. The number of aryl methyl sites for hydroxylation is 1. The lowest BCUT2D eigenvalue weighted by Gasteiger charge is -2.31. The van der Waals surface area contributed by atoms with E-state index >= 15 is 0 Å². The molecule has 1 fully saturated rings. The van der Waals surface area contributed by atoms with E-state index in [0.29, 0.717) is 31.6 Å². The minimum absolute atomic E-state index is 0.0876. The number of fused-ring (bicyclic) bond motifs is 1. The van der Waals surface area contributed by atoms with E-state index in [1.54, 1.807) is 10.3 Å². The third kappa shape index (κ3) is 6.80. The van der Waals surface area contributed by atoms with Crippen LogP contribution >= 0.6 is 11.3 Å². The lowest BCUT2D eigenvalue weighted by molar-refractivity contribution is -0.131. The quantitative estimate of drug-likeness (QED) is 0.366. The van der Waals surface area contributed by atoms with Gasteiger partial charge in [0.1, 0.15) is 6.10 Å². The Kier molecular flexibility index (Phi) is 8.36. The summed E-state index contributed by atoms with van der Waals surface area (Å²) in [5.74, 6) is -0.463. The number of hydrogen-bond donors (Lipinski definition) is 1. The minimum atomic E-state index is -4.50. The molecule has 10 heteroatoms. The second-order valence-electron chi connectivity index (χ2n) is 9.41. The van der Waals surface area contributed by atoms with Crippen LogP contribution in [0.1, 0.15) is 71.3 Å². The molecule has 1 atom stereocenters. The fourth-order valence-corrected chi connectivity index (χ4v) is 5.65. The van der Waals surface area contributed by atoms with Crippen molar-refractivity contribution in [2.75, 3.05) is 19.6 Å². The number of carbonyl (C=O) groups excluding carboxylic acids is 2. The number of halogens is 3. The van der Waals surface area contributed by atoms with Gasteiger partial charge in [0, 0.05) is 30.1 Å². The first-order chi connectivity index (χ1) is 17.6. The van der Waals surface area contributed by atoms with Crippen LogP contribution in [-0.2, 0) is 16.0 Å². The van der Waals surface area contributed by atoms with Crippen molar-refractivity contribution in [1.82, 2.24) is 15.2 Å². The summed E-state index contributed by atoms with van der Waals surface area (Å²) in [5.41, 5.74) is 1.86. The maximum absolute atomic E-state index is 12.8. The van der Waals surface area contributed by atoms with Crippen molar-refractivity contribution in [3.05, 3.63) is 75.4 Å². The van der Waals surface area contributed by atoms with E-state index in [4.69, 9.17) is 4.74 Å². The first kappa shape index (κ1) is 26.9. The molecule has 0 saturated carbocycles. The smallest absolute Gasteiger partial charge is 0.415 e. The molecule has 2 aromatic rings. The van der Waals surface area contributed by atoms with Gasteiger partial charge in [0.2, 0.25) is 5.91 Å². The molecule has 0 radical (unpaired) electrons. The molecular formula is C27H30F3N3O3S. The third-order valence-electron chi connectivity index (χ3n) is 6.76. The zero-order valence-electron chi connectivity index (χ0n) is 20.6. The average Bonchev–Trinajstić information content (AvgIpc) is 3.38. The van der Waals surface area contributed by atoms with Crippen molar-refractivity contribution in [3.8, 4) is 0 Å². The number of ether oxygens (including phenoxy) is 1. The molecule has 1 unspecified atom stereocenters. The Balaban J connectivity index is 1.26. The van der Waals surface area contributed by atoms with Crippen LogP contribution in [0.25, 0.3) is 0 Å². The first-order valence-corrected chi connectivity index (χ1v) is 13.2. The van der Waals surface area contributed by atoms with Crippen LogP contribution in [0.15, 0.2) is 53.6 Å². The first-order valence-electron chi connectivity index (χ1n) is 12.3. The molecule has 6 nitrogen and oxygen atoms in total. The number of esters is 1. The summed E-state index contributed by atoms with van der Waals surface area (Å²) in [7, 11) is 0. The number of rotatable bonds is 7. The summed E-state index contributed by atoms with van der Waals surface area (Å²) in [6.45, 7) is 5.41. The number of piperidine rings is 1. The number of nitrogens with zero attached hydrogens (tertiary/aromatic N) is 2. The normalized spacial score (nSPS) is 18.8. The molecular weight excluding hydrogens is 503 g/mol. The molecule has 1 aliphatic carbocycles. The molecule has 0 spiro atoms. The van der Waals surface area contributed by atoms with Gasteiger partial charge in [-0.05, 0) is 56.2 Å². The Labute approximate surface area is 218 Å². The van der Waals surface area contributed by atoms with E-state index in [1.807, 2.05) is 18.2 Å². The van der Waals surface area contributed by atoms with Crippen LogP contribution in [0.2, 0.25) is 0 Å². The molecule has 37 heavy (non-hydrogen) atoms. The summed E-state index contributed by atoms with van der Waals surface area (Å²) in [6, 6.07) is 8.05. The largest absolute Gasteiger partial charge is 0.453 e. The standard InChI is InChI=1S/C27H30F3N3O3S/c1-17(27(28,29)30)14-18(2)31-15-24(34)33-12-10-20(11-13-33)25-32-22(16-37-25)26(35)36-23-9-5-7-19-6-3-4-8-21(19)23/h3-4,6,8,14,16,20,23,31H,1,5,7,9-13,15H2,2H3/b18-14-. The lowest BCUT2D eigenvalue weighted by Crippen LogP contribution is -2.42. The highest BCUT2D eigenvalue weighted by Crippen LogP contribution is 2.34. The van der Waals surface area contributed by atoms with Gasteiger partial charge in [-0.25, -0.2) is 9.78 Å². The van der Waals surface area contributed by atoms with Crippen LogP contribution in [0.4, 0.5) is 13.2 Å². The van der Waals surface area contributed by atoms with E-state index in [2.05, 4.69) is 22.9 Å². The number of likely N-dealkylation sites (tertiary alicyclic amines) is 1. The van der Waals surface area contributed by atoms with E-state index in [0.717, 1.165) is 35.9 Å². The highest BCUT2D eigenvalue weighted by atomic mass is 32.1. The summed E-state index contributed by atoms with van der Waals surface area (Å²) in [6.07, 6.45) is 0.297. The molecule has 1 aromatic heterocycles. The van der Waals surface area contributed by atoms with Gasteiger partial charge in [0.25, 0.3) is 0 Å². The van der Waals surface area contributed by atoms with Crippen LogP contribution in [0.5, 0.6) is 0 Å². The molecule has 1 aromatic carbocycles. The van der Waals surface area contributed by atoms with Crippen LogP contribution in [-0.4, -0.2) is 47.6 Å². The highest BCUT2D eigenvalue weighted by Gasteiger charge is 2.31. The lowest BCUT2D eigenvalue weighted by atomic mass is 9.89. The van der Waals surface area contributed by atoms with E-state index in [-0.39, 0.29) is 30.2 Å². The molecule has 1 saturated heterocycles. The molecule has 1 aliphatic heterocycles. The molecule has 2 aliphatic rings.